The van der Waals surface area contributed by atoms with Gasteiger partial charge in [-0.2, -0.15) is 0 Å². The summed E-state index contributed by atoms with van der Waals surface area (Å²) >= 11 is 0. The number of fused-ring (bicyclic) bond motifs is 6. The van der Waals surface area contributed by atoms with Gasteiger partial charge in [0.1, 0.15) is 11.2 Å². The third-order valence-electron chi connectivity index (χ3n) is 12.7. The molecular formula is C60H42N2O. The van der Waals surface area contributed by atoms with Crippen molar-refractivity contribution in [2.75, 3.05) is 4.90 Å². The SMILES string of the molecule is C1=Cc2c(n(-c3ccc(-c4cccc5c4oc4ccccc45)cc3)c3ccc(-c4ccc(N(c5ccccc5)c5ccc(-c6ccc(-c7ccccc7)cc6)cc5)cc4)cc23)CC1. The fourth-order valence-corrected chi connectivity index (χ4v) is 9.58. The molecule has 0 radical (unpaired) electrons. The molecule has 0 atom stereocenters. The molecule has 0 fully saturated rings. The Hall–Kier alpha value is -8.14. The van der Waals surface area contributed by atoms with E-state index in [4.69, 9.17) is 4.42 Å². The van der Waals surface area contributed by atoms with Gasteiger partial charge in [0.15, 0.2) is 0 Å². The van der Waals surface area contributed by atoms with Crippen molar-refractivity contribution in [2.45, 2.75) is 12.8 Å². The number of hydrogen-bond acceptors (Lipinski definition) is 2. The number of allylic oxidation sites excluding steroid dienone is 1. The molecule has 3 nitrogen and oxygen atoms in total. The second-order valence-corrected chi connectivity index (χ2v) is 16.4. The molecule has 2 heterocycles. The standard InChI is InChI=1S/C60H42N2O/c1-3-12-41(13-4-1)42-22-24-43(25-23-42)44-26-33-49(34-27-44)61(48-14-5-2-6-15-48)50-35-28-45(29-36-50)47-32-39-58-56(40-47)53-16-7-9-20-57(53)62(58)51-37-30-46(31-38-51)52-18-11-19-55-54-17-8-10-21-59(54)63-60(52)55/h1-8,10-19,21-40H,9,20H2. The minimum atomic E-state index is 0.919. The molecule has 298 valence electrons. The first-order valence-corrected chi connectivity index (χ1v) is 21.8. The maximum Gasteiger partial charge on any atom is 0.143 e. The van der Waals surface area contributed by atoms with E-state index < -0.39 is 0 Å². The Morgan fingerprint density at radius 2 is 0.952 bits per heavy atom. The van der Waals surface area contributed by atoms with E-state index in [1.165, 1.54) is 61.2 Å². The van der Waals surface area contributed by atoms with Gasteiger partial charge in [-0.25, -0.2) is 0 Å². The van der Waals surface area contributed by atoms with Crippen molar-refractivity contribution in [3.63, 3.8) is 0 Å². The van der Waals surface area contributed by atoms with Crippen LogP contribution in [-0.2, 0) is 6.42 Å². The molecule has 1 aliphatic carbocycles. The van der Waals surface area contributed by atoms with E-state index in [1.54, 1.807) is 0 Å². The summed E-state index contributed by atoms with van der Waals surface area (Å²) in [5, 5.41) is 3.58. The first-order chi connectivity index (χ1) is 31.2. The van der Waals surface area contributed by atoms with Gasteiger partial charge in [0.25, 0.3) is 0 Å². The predicted octanol–water partition coefficient (Wildman–Crippen LogP) is 16.6. The van der Waals surface area contributed by atoms with Crippen molar-refractivity contribution in [1.82, 2.24) is 4.57 Å². The highest BCUT2D eigenvalue weighted by atomic mass is 16.3. The monoisotopic (exact) mass is 806 g/mol. The van der Waals surface area contributed by atoms with Crippen LogP contribution in [0, 0.1) is 0 Å². The van der Waals surface area contributed by atoms with Gasteiger partial charge in [0.05, 0.1) is 5.52 Å². The summed E-state index contributed by atoms with van der Waals surface area (Å²) in [6, 6.07) is 78.6. The molecule has 0 saturated heterocycles. The zero-order chi connectivity index (χ0) is 41.7. The van der Waals surface area contributed by atoms with Crippen LogP contribution in [-0.4, -0.2) is 4.57 Å². The van der Waals surface area contributed by atoms with Gasteiger partial charge in [-0.15, -0.1) is 0 Å². The number of furan rings is 1. The number of benzene rings is 9. The molecule has 0 unspecified atom stereocenters. The van der Waals surface area contributed by atoms with Gasteiger partial charge in [-0.3, -0.25) is 0 Å². The van der Waals surface area contributed by atoms with Crippen LogP contribution in [0.25, 0.3) is 89.1 Å². The first kappa shape index (κ1) is 36.7. The molecule has 1 aliphatic rings. The third kappa shape index (κ3) is 6.54. The summed E-state index contributed by atoms with van der Waals surface area (Å²) in [6.07, 6.45) is 6.68. The summed E-state index contributed by atoms with van der Waals surface area (Å²) < 4.78 is 8.86. The smallest absolute Gasteiger partial charge is 0.143 e. The number of rotatable bonds is 8. The lowest BCUT2D eigenvalue weighted by molar-refractivity contribution is 0.670. The van der Waals surface area contributed by atoms with Crippen molar-refractivity contribution in [2.24, 2.45) is 0 Å². The minimum absolute atomic E-state index is 0.919. The van der Waals surface area contributed by atoms with Gasteiger partial charge in [-0.1, -0.05) is 164 Å². The van der Waals surface area contributed by atoms with Crippen molar-refractivity contribution >= 4 is 56.0 Å². The second kappa shape index (κ2) is 15.4. The van der Waals surface area contributed by atoms with Crippen LogP contribution in [0.15, 0.2) is 229 Å². The van der Waals surface area contributed by atoms with E-state index >= 15 is 0 Å². The topological polar surface area (TPSA) is 21.3 Å². The van der Waals surface area contributed by atoms with E-state index in [1.807, 2.05) is 12.1 Å². The average molecular weight is 807 g/mol. The Bertz CT molecular complexity index is 3450. The lowest BCUT2D eigenvalue weighted by Gasteiger charge is -2.26. The Labute approximate surface area is 367 Å². The fourth-order valence-electron chi connectivity index (χ4n) is 9.58. The molecule has 0 spiro atoms. The number of nitrogens with zero attached hydrogens (tertiary/aromatic N) is 2. The molecule has 63 heavy (non-hydrogen) atoms. The number of para-hydroxylation sites is 3. The van der Waals surface area contributed by atoms with Crippen molar-refractivity contribution in [3.8, 4) is 50.2 Å². The predicted molar refractivity (Wildman–Crippen MR) is 264 cm³/mol. The highest BCUT2D eigenvalue weighted by Crippen LogP contribution is 2.41. The van der Waals surface area contributed by atoms with Crippen LogP contribution in [0.2, 0.25) is 0 Å². The van der Waals surface area contributed by atoms with E-state index in [2.05, 4.69) is 228 Å². The Morgan fingerprint density at radius 3 is 1.65 bits per heavy atom. The lowest BCUT2D eigenvalue weighted by Crippen LogP contribution is -2.09. The van der Waals surface area contributed by atoms with Gasteiger partial charge < -0.3 is 13.9 Å². The molecule has 0 amide bonds. The van der Waals surface area contributed by atoms with E-state index in [9.17, 15) is 0 Å². The highest BCUT2D eigenvalue weighted by Gasteiger charge is 2.20. The van der Waals surface area contributed by atoms with Crippen LogP contribution in [0.3, 0.4) is 0 Å². The molecule has 0 saturated carbocycles. The Kier molecular flexibility index (Phi) is 8.97. The van der Waals surface area contributed by atoms with Crippen LogP contribution < -0.4 is 4.90 Å². The summed E-state index contributed by atoms with van der Waals surface area (Å²) in [5.74, 6) is 0. The summed E-state index contributed by atoms with van der Waals surface area (Å²) in [6.45, 7) is 0. The van der Waals surface area contributed by atoms with Gasteiger partial charge in [-0.05, 0) is 119 Å². The van der Waals surface area contributed by atoms with E-state index in [0.29, 0.717) is 0 Å². The Balaban J connectivity index is 0.851. The van der Waals surface area contributed by atoms with Crippen LogP contribution in [0.1, 0.15) is 17.7 Å². The van der Waals surface area contributed by atoms with E-state index in [-0.39, 0.29) is 0 Å². The van der Waals surface area contributed by atoms with Crippen LogP contribution in [0.4, 0.5) is 17.1 Å². The fraction of sp³-hybridized carbons (Fsp3) is 0.0333. The van der Waals surface area contributed by atoms with Crippen molar-refractivity contribution in [3.05, 3.63) is 236 Å². The molecule has 0 aliphatic heterocycles. The van der Waals surface area contributed by atoms with Crippen LogP contribution >= 0.6 is 0 Å². The quantitative estimate of drug-likeness (QED) is 0.153. The molecule has 2 aromatic heterocycles. The Morgan fingerprint density at radius 1 is 0.413 bits per heavy atom. The molecule has 3 heteroatoms. The zero-order valence-electron chi connectivity index (χ0n) is 34.7. The maximum absolute atomic E-state index is 6.39. The molecule has 9 aromatic carbocycles. The van der Waals surface area contributed by atoms with E-state index in [0.717, 1.165) is 63.0 Å². The zero-order valence-corrected chi connectivity index (χ0v) is 34.7. The summed E-state index contributed by atoms with van der Waals surface area (Å²) in [4.78, 5) is 2.33. The summed E-state index contributed by atoms with van der Waals surface area (Å²) in [7, 11) is 0. The number of aromatic nitrogens is 1. The van der Waals surface area contributed by atoms with Crippen LogP contribution in [0.5, 0.6) is 0 Å². The molecule has 11 aromatic rings. The summed E-state index contributed by atoms with van der Waals surface area (Å²) in [5.41, 5.74) is 19.8. The van der Waals surface area contributed by atoms with Crippen molar-refractivity contribution in [1.29, 1.82) is 0 Å². The average Bonchev–Trinajstić information content (AvgIpc) is 3.91. The minimum Gasteiger partial charge on any atom is -0.455 e. The maximum atomic E-state index is 6.39. The largest absolute Gasteiger partial charge is 0.455 e. The normalized spacial score (nSPS) is 12.3. The van der Waals surface area contributed by atoms with Gasteiger partial charge >= 0.3 is 0 Å². The molecule has 0 bridgehead atoms. The second-order valence-electron chi connectivity index (χ2n) is 16.4. The van der Waals surface area contributed by atoms with Gasteiger partial charge in [0.2, 0.25) is 0 Å². The molecule has 12 rings (SSSR count). The van der Waals surface area contributed by atoms with Gasteiger partial charge in [0, 0.05) is 55.7 Å². The first-order valence-electron chi connectivity index (χ1n) is 21.8. The third-order valence-corrected chi connectivity index (χ3v) is 12.7. The molecule has 0 N–H and O–H groups in total. The number of hydrogen-bond donors (Lipinski definition) is 0. The molecular weight excluding hydrogens is 765 g/mol. The highest BCUT2D eigenvalue weighted by molar-refractivity contribution is 6.09. The number of anilines is 3. The lowest BCUT2D eigenvalue weighted by atomic mass is 9.98. The van der Waals surface area contributed by atoms with Crippen molar-refractivity contribution < 1.29 is 4.42 Å².